The summed E-state index contributed by atoms with van der Waals surface area (Å²) >= 11 is 1.38. The van der Waals surface area contributed by atoms with Crippen LogP contribution in [0.2, 0.25) is 0 Å². The maximum atomic E-state index is 11.9. The molecule has 4 nitrogen and oxygen atoms in total. The van der Waals surface area contributed by atoms with E-state index in [1.165, 1.54) is 29.1 Å². The minimum Gasteiger partial charge on any atom is -0.274 e. The number of amides is 1. The summed E-state index contributed by atoms with van der Waals surface area (Å²) in [5, 5.41) is 2.05. The van der Waals surface area contributed by atoms with E-state index in [-0.39, 0.29) is 5.91 Å². The van der Waals surface area contributed by atoms with Gasteiger partial charge in [-0.05, 0) is 19.4 Å². The Morgan fingerprint density at radius 3 is 2.74 bits per heavy atom. The van der Waals surface area contributed by atoms with Crippen molar-refractivity contribution in [3.05, 3.63) is 40.4 Å². The molecule has 0 fully saturated rings. The highest BCUT2D eigenvalue weighted by Gasteiger charge is 2.16. The Kier molecular flexibility index (Phi) is 3.97. The van der Waals surface area contributed by atoms with E-state index < -0.39 is 0 Å². The maximum absolute atomic E-state index is 11.9. The van der Waals surface area contributed by atoms with E-state index in [0.717, 1.165) is 16.1 Å². The molecule has 0 bridgehead atoms. The number of hydroxylamine groups is 2. The van der Waals surface area contributed by atoms with Gasteiger partial charge in [0.1, 0.15) is 9.88 Å². The summed E-state index contributed by atoms with van der Waals surface area (Å²) in [5.74, 6) is -0.184. The zero-order valence-electron chi connectivity index (χ0n) is 11.4. The number of aryl methyl sites for hydroxylation is 2. The van der Waals surface area contributed by atoms with Crippen LogP contribution in [0.5, 0.6) is 0 Å². The summed E-state index contributed by atoms with van der Waals surface area (Å²) in [6, 6.07) is 6.20. The summed E-state index contributed by atoms with van der Waals surface area (Å²) < 4.78 is 0. The van der Waals surface area contributed by atoms with Crippen LogP contribution in [-0.4, -0.2) is 30.1 Å². The van der Waals surface area contributed by atoms with Crippen molar-refractivity contribution in [2.24, 2.45) is 0 Å². The van der Waals surface area contributed by atoms with Gasteiger partial charge in [0.05, 0.1) is 13.3 Å². The molecule has 0 unspecified atom stereocenters. The average Bonchev–Trinajstić information content (AvgIpc) is 2.86. The fourth-order valence-electron chi connectivity index (χ4n) is 1.79. The van der Waals surface area contributed by atoms with Crippen LogP contribution in [0.25, 0.3) is 10.6 Å². The third-order valence-electron chi connectivity index (χ3n) is 2.89. The van der Waals surface area contributed by atoms with E-state index in [1.54, 1.807) is 13.2 Å². The molecule has 19 heavy (non-hydrogen) atoms. The largest absolute Gasteiger partial charge is 0.288 e. The van der Waals surface area contributed by atoms with Crippen LogP contribution in [0.4, 0.5) is 0 Å². The minimum absolute atomic E-state index is 0.184. The minimum atomic E-state index is -0.184. The van der Waals surface area contributed by atoms with Crippen molar-refractivity contribution in [2.75, 3.05) is 14.2 Å². The van der Waals surface area contributed by atoms with Gasteiger partial charge in [0, 0.05) is 12.6 Å². The van der Waals surface area contributed by atoms with Gasteiger partial charge in [0.25, 0.3) is 5.91 Å². The molecule has 1 aromatic heterocycles. The molecule has 1 aromatic carbocycles. The molecule has 1 amide bonds. The van der Waals surface area contributed by atoms with Gasteiger partial charge in [-0.25, -0.2) is 10.0 Å². The van der Waals surface area contributed by atoms with Crippen molar-refractivity contribution in [3.8, 4) is 10.6 Å². The van der Waals surface area contributed by atoms with Crippen molar-refractivity contribution >= 4 is 17.2 Å². The molecule has 2 rings (SSSR count). The summed E-state index contributed by atoms with van der Waals surface area (Å²) in [6.45, 7) is 4.10. The van der Waals surface area contributed by atoms with E-state index in [1.807, 2.05) is 19.1 Å². The molecule has 0 atom stereocenters. The Labute approximate surface area is 116 Å². The number of aromatic nitrogens is 1. The molecular weight excluding hydrogens is 260 g/mol. The second kappa shape index (κ2) is 5.50. The molecule has 5 heteroatoms. The van der Waals surface area contributed by atoms with Gasteiger partial charge in [0.2, 0.25) is 0 Å². The highest BCUT2D eigenvalue weighted by atomic mass is 32.1. The number of carbonyl (C=O) groups is 1. The average molecular weight is 276 g/mol. The standard InChI is InChI=1S/C14H16N2O2S/c1-9-5-6-11(10(2)7-9)13-15-8-12(19-13)14(17)16(3)18-4/h5-8H,1-4H3. The molecule has 0 saturated carbocycles. The van der Waals surface area contributed by atoms with Crippen molar-refractivity contribution in [1.29, 1.82) is 0 Å². The first kappa shape index (κ1) is 13.7. The van der Waals surface area contributed by atoms with E-state index in [4.69, 9.17) is 4.84 Å². The molecule has 0 N–H and O–H groups in total. The summed E-state index contributed by atoms with van der Waals surface area (Å²) in [5.41, 5.74) is 3.44. The van der Waals surface area contributed by atoms with Crippen LogP contribution in [-0.2, 0) is 4.84 Å². The Morgan fingerprint density at radius 1 is 1.37 bits per heavy atom. The van der Waals surface area contributed by atoms with Gasteiger partial charge in [-0.1, -0.05) is 23.8 Å². The summed E-state index contributed by atoms with van der Waals surface area (Å²) in [7, 11) is 3.04. The van der Waals surface area contributed by atoms with Crippen LogP contribution in [0.3, 0.4) is 0 Å². The topological polar surface area (TPSA) is 42.4 Å². The van der Waals surface area contributed by atoms with E-state index in [0.29, 0.717) is 4.88 Å². The SMILES string of the molecule is CON(C)C(=O)c1cnc(-c2ccc(C)cc2C)s1. The predicted octanol–water partition coefficient (Wildman–Crippen LogP) is 3.06. The lowest BCUT2D eigenvalue weighted by molar-refractivity contribution is -0.0754. The van der Waals surface area contributed by atoms with Gasteiger partial charge in [-0.15, -0.1) is 11.3 Å². The lowest BCUT2D eigenvalue weighted by atomic mass is 10.1. The molecular formula is C14H16N2O2S. The van der Waals surface area contributed by atoms with Crippen molar-refractivity contribution in [1.82, 2.24) is 10.0 Å². The molecule has 100 valence electrons. The second-order valence-electron chi connectivity index (χ2n) is 4.33. The monoisotopic (exact) mass is 276 g/mol. The number of hydrogen-bond donors (Lipinski definition) is 0. The third-order valence-corrected chi connectivity index (χ3v) is 3.91. The van der Waals surface area contributed by atoms with Gasteiger partial charge in [0.15, 0.2) is 0 Å². The van der Waals surface area contributed by atoms with E-state index >= 15 is 0 Å². The number of thiazole rings is 1. The van der Waals surface area contributed by atoms with Crippen LogP contribution in [0, 0.1) is 13.8 Å². The number of rotatable bonds is 3. The number of nitrogens with zero attached hydrogens (tertiary/aromatic N) is 2. The number of benzene rings is 1. The van der Waals surface area contributed by atoms with Crippen molar-refractivity contribution in [2.45, 2.75) is 13.8 Å². The zero-order valence-corrected chi connectivity index (χ0v) is 12.2. The Morgan fingerprint density at radius 2 is 2.11 bits per heavy atom. The lowest BCUT2D eigenvalue weighted by Crippen LogP contribution is -2.24. The quantitative estimate of drug-likeness (QED) is 0.809. The van der Waals surface area contributed by atoms with Gasteiger partial charge in [-0.3, -0.25) is 9.63 Å². The normalized spacial score (nSPS) is 10.5. The van der Waals surface area contributed by atoms with Crippen LogP contribution >= 0.6 is 11.3 Å². The van der Waals surface area contributed by atoms with Crippen LogP contribution in [0.1, 0.15) is 20.8 Å². The number of hydrogen-bond acceptors (Lipinski definition) is 4. The van der Waals surface area contributed by atoms with E-state index in [2.05, 4.69) is 18.0 Å². The van der Waals surface area contributed by atoms with Gasteiger partial charge < -0.3 is 0 Å². The molecule has 0 radical (unpaired) electrons. The zero-order chi connectivity index (χ0) is 14.0. The van der Waals surface area contributed by atoms with Gasteiger partial charge in [-0.2, -0.15) is 0 Å². The molecule has 0 saturated heterocycles. The fraction of sp³-hybridized carbons (Fsp3) is 0.286. The third kappa shape index (κ3) is 2.83. The first-order valence-corrected chi connectivity index (χ1v) is 6.70. The first-order valence-electron chi connectivity index (χ1n) is 5.88. The fourth-order valence-corrected chi connectivity index (χ4v) is 2.76. The molecule has 1 heterocycles. The highest BCUT2D eigenvalue weighted by Crippen LogP contribution is 2.28. The summed E-state index contributed by atoms with van der Waals surface area (Å²) in [6.07, 6.45) is 1.59. The van der Waals surface area contributed by atoms with Crippen molar-refractivity contribution < 1.29 is 9.63 Å². The van der Waals surface area contributed by atoms with Crippen LogP contribution in [0.15, 0.2) is 24.4 Å². The molecule has 2 aromatic rings. The first-order chi connectivity index (χ1) is 9.02. The molecule has 0 aliphatic heterocycles. The Balaban J connectivity index is 2.33. The van der Waals surface area contributed by atoms with Gasteiger partial charge >= 0.3 is 0 Å². The maximum Gasteiger partial charge on any atom is 0.288 e. The molecule has 0 aliphatic carbocycles. The lowest BCUT2D eigenvalue weighted by Gasteiger charge is -2.11. The van der Waals surface area contributed by atoms with E-state index in [9.17, 15) is 4.79 Å². The molecule has 0 spiro atoms. The summed E-state index contributed by atoms with van der Waals surface area (Å²) in [4.78, 5) is 21.7. The highest BCUT2D eigenvalue weighted by molar-refractivity contribution is 7.16. The smallest absolute Gasteiger partial charge is 0.274 e. The Bertz CT molecular complexity index is 607. The second-order valence-corrected chi connectivity index (χ2v) is 5.36. The van der Waals surface area contributed by atoms with Crippen LogP contribution < -0.4 is 0 Å². The number of carbonyl (C=O) groups excluding carboxylic acids is 1. The predicted molar refractivity (Wildman–Crippen MR) is 76.1 cm³/mol. The Hall–Kier alpha value is -1.72. The van der Waals surface area contributed by atoms with Crippen molar-refractivity contribution in [3.63, 3.8) is 0 Å². The molecule has 0 aliphatic rings.